The summed E-state index contributed by atoms with van der Waals surface area (Å²) >= 11 is 0.660. The van der Waals surface area contributed by atoms with Gasteiger partial charge in [0.25, 0.3) is 6.43 Å². The van der Waals surface area contributed by atoms with E-state index in [0.29, 0.717) is 46.2 Å². The number of hydrogen-bond acceptors (Lipinski definition) is 8. The van der Waals surface area contributed by atoms with Crippen LogP contribution in [0.1, 0.15) is 24.3 Å². The largest absolute Gasteiger partial charge is 0.291 e. The molecule has 0 aliphatic heterocycles. The van der Waals surface area contributed by atoms with Gasteiger partial charge in [0.2, 0.25) is 15.2 Å². The van der Waals surface area contributed by atoms with Gasteiger partial charge < -0.3 is 0 Å². The zero-order valence-electron chi connectivity index (χ0n) is 16.1. The van der Waals surface area contributed by atoms with Crippen LogP contribution >= 0.6 is 11.3 Å². The van der Waals surface area contributed by atoms with Gasteiger partial charge in [0, 0.05) is 23.3 Å². The number of sulfonamides is 1. The molecule has 0 spiro atoms. The van der Waals surface area contributed by atoms with Crippen molar-refractivity contribution in [2.24, 2.45) is 0 Å². The second-order valence-corrected chi connectivity index (χ2v) is 9.89. The molecule has 1 fully saturated rings. The molecule has 0 amide bonds. The van der Waals surface area contributed by atoms with Crippen LogP contribution in [0.3, 0.4) is 0 Å². The number of fused-ring (bicyclic) bond motifs is 1. The highest BCUT2D eigenvalue weighted by Gasteiger charge is 2.47. The van der Waals surface area contributed by atoms with Crippen LogP contribution < -0.4 is 4.72 Å². The first-order valence-corrected chi connectivity index (χ1v) is 11.6. The average Bonchev–Trinajstić information content (AvgIpc) is 3.18. The van der Waals surface area contributed by atoms with Crippen molar-refractivity contribution in [1.29, 1.82) is 5.26 Å². The lowest BCUT2D eigenvalue weighted by Crippen LogP contribution is -2.35. The zero-order valence-corrected chi connectivity index (χ0v) is 17.7. The van der Waals surface area contributed by atoms with Gasteiger partial charge in [0.05, 0.1) is 22.7 Å². The molecule has 3 aromatic heterocycles. The lowest BCUT2D eigenvalue weighted by atomic mass is 10.0. The molecule has 0 saturated heterocycles. The molecule has 3 heterocycles. The summed E-state index contributed by atoms with van der Waals surface area (Å²) in [7, 11) is -4.06. The summed E-state index contributed by atoms with van der Waals surface area (Å²) in [5.74, 6) is 0. The number of alkyl halides is 2. The van der Waals surface area contributed by atoms with E-state index in [-0.39, 0.29) is 10.0 Å². The zero-order chi connectivity index (χ0) is 22.5. The van der Waals surface area contributed by atoms with Gasteiger partial charge in [-0.2, -0.15) is 15.1 Å². The van der Waals surface area contributed by atoms with Crippen molar-refractivity contribution in [1.82, 2.24) is 29.7 Å². The van der Waals surface area contributed by atoms with E-state index < -0.39 is 27.0 Å². The van der Waals surface area contributed by atoms with Crippen LogP contribution in [-0.2, 0) is 10.0 Å². The molecule has 1 N–H and O–H groups in total. The van der Waals surface area contributed by atoms with Crippen LogP contribution in [0.5, 0.6) is 0 Å². The first kappa shape index (κ1) is 20.6. The normalized spacial score (nSPS) is 15.2. The summed E-state index contributed by atoms with van der Waals surface area (Å²) in [4.78, 5) is 4.00. The Bertz CT molecular complexity index is 1470. The summed E-state index contributed by atoms with van der Waals surface area (Å²) in [5, 5.41) is 21.0. The summed E-state index contributed by atoms with van der Waals surface area (Å²) < 4.78 is 55.9. The van der Waals surface area contributed by atoms with Gasteiger partial charge in [-0.05, 0) is 36.6 Å². The predicted molar refractivity (Wildman–Crippen MR) is 111 cm³/mol. The fraction of sp³-hybridized carbons (Fsp3) is 0.211. The maximum atomic E-state index is 13.1. The highest BCUT2D eigenvalue weighted by atomic mass is 32.2. The predicted octanol–water partition coefficient (Wildman–Crippen LogP) is 3.21. The Morgan fingerprint density at radius 3 is 2.69 bits per heavy atom. The van der Waals surface area contributed by atoms with Crippen molar-refractivity contribution in [3.63, 3.8) is 0 Å². The van der Waals surface area contributed by atoms with Gasteiger partial charge >= 0.3 is 0 Å². The van der Waals surface area contributed by atoms with Crippen molar-refractivity contribution >= 4 is 32.3 Å². The standard InChI is InChI=1S/C19H13F2N7O2S2/c20-16(21)17-25-26-18(31-17)28-15-7-12(32(29,30)27-19(10-22)3-4-19)6-13(14(15)9-24-28)11-2-1-5-23-8-11/h1-2,5-9,16,27H,3-4H2. The molecular formula is C19H13F2N7O2S2. The molecule has 162 valence electrons. The minimum Gasteiger partial charge on any atom is -0.264 e. The van der Waals surface area contributed by atoms with Crippen molar-refractivity contribution in [3.05, 3.63) is 47.9 Å². The number of nitrogens with one attached hydrogen (secondary N) is 1. The van der Waals surface area contributed by atoms with Gasteiger partial charge in [-0.1, -0.05) is 17.4 Å². The number of hydrogen-bond donors (Lipinski definition) is 1. The summed E-state index contributed by atoms with van der Waals surface area (Å²) in [6.07, 6.45) is 2.74. The number of halogens is 2. The first-order chi connectivity index (χ1) is 15.3. The molecule has 4 aromatic rings. The van der Waals surface area contributed by atoms with Crippen molar-refractivity contribution in [2.75, 3.05) is 0 Å². The summed E-state index contributed by atoms with van der Waals surface area (Å²) in [6, 6.07) is 8.33. The molecule has 1 aromatic carbocycles. The smallest absolute Gasteiger partial charge is 0.264 e. The van der Waals surface area contributed by atoms with E-state index in [1.54, 1.807) is 24.5 Å². The maximum absolute atomic E-state index is 13.1. The van der Waals surface area contributed by atoms with E-state index >= 15 is 0 Å². The van der Waals surface area contributed by atoms with Crippen molar-refractivity contribution in [3.8, 4) is 22.3 Å². The Morgan fingerprint density at radius 2 is 2.06 bits per heavy atom. The van der Waals surface area contributed by atoms with Gasteiger partial charge in [0.15, 0.2) is 5.01 Å². The monoisotopic (exact) mass is 473 g/mol. The second kappa shape index (κ2) is 7.37. The molecule has 32 heavy (non-hydrogen) atoms. The van der Waals surface area contributed by atoms with E-state index in [1.165, 1.54) is 23.0 Å². The fourth-order valence-corrected chi connectivity index (χ4v) is 5.34. The third-order valence-corrected chi connectivity index (χ3v) is 7.46. The molecule has 5 rings (SSSR count). The maximum Gasteiger partial charge on any atom is 0.291 e. The Balaban J connectivity index is 1.72. The molecule has 0 bridgehead atoms. The molecule has 0 unspecified atom stereocenters. The highest BCUT2D eigenvalue weighted by molar-refractivity contribution is 7.89. The first-order valence-electron chi connectivity index (χ1n) is 9.31. The minimum absolute atomic E-state index is 0.0747. The highest BCUT2D eigenvalue weighted by Crippen LogP contribution is 2.38. The van der Waals surface area contributed by atoms with Gasteiger partial charge in [-0.3, -0.25) is 4.98 Å². The Hall–Kier alpha value is -3.34. The number of benzene rings is 1. The third-order valence-electron chi connectivity index (χ3n) is 5.04. The topological polar surface area (TPSA) is 126 Å². The van der Waals surface area contributed by atoms with Crippen LogP contribution in [0.15, 0.2) is 47.8 Å². The Morgan fingerprint density at radius 1 is 1.25 bits per heavy atom. The van der Waals surface area contributed by atoms with E-state index in [2.05, 4.69) is 25.0 Å². The van der Waals surface area contributed by atoms with Gasteiger partial charge in [0.1, 0.15) is 5.54 Å². The quantitative estimate of drug-likeness (QED) is 0.456. The van der Waals surface area contributed by atoms with Crippen LogP contribution in [0.4, 0.5) is 8.78 Å². The third kappa shape index (κ3) is 3.52. The number of pyridine rings is 1. The summed E-state index contributed by atoms with van der Waals surface area (Å²) in [6.45, 7) is 0. The lowest BCUT2D eigenvalue weighted by Gasteiger charge is -2.13. The molecule has 1 saturated carbocycles. The van der Waals surface area contributed by atoms with Crippen LogP contribution in [0.25, 0.3) is 27.2 Å². The summed E-state index contributed by atoms with van der Waals surface area (Å²) in [5.41, 5.74) is 0.405. The Labute approximate surface area is 184 Å². The number of nitriles is 1. The van der Waals surface area contributed by atoms with Crippen LogP contribution in [-0.4, -0.2) is 38.9 Å². The molecule has 0 radical (unpaired) electrons. The van der Waals surface area contributed by atoms with Gasteiger partial charge in [-0.15, -0.1) is 10.2 Å². The molecule has 0 atom stereocenters. The van der Waals surface area contributed by atoms with Crippen LogP contribution in [0.2, 0.25) is 0 Å². The van der Waals surface area contributed by atoms with Crippen molar-refractivity contribution in [2.45, 2.75) is 29.7 Å². The van der Waals surface area contributed by atoms with E-state index in [4.69, 9.17) is 0 Å². The van der Waals surface area contributed by atoms with E-state index in [0.717, 1.165) is 0 Å². The van der Waals surface area contributed by atoms with Gasteiger partial charge in [-0.25, -0.2) is 21.9 Å². The molecule has 1 aliphatic rings. The molecule has 1 aliphatic carbocycles. The SMILES string of the molecule is N#CC1(NS(=O)(=O)c2cc(-c3cccnc3)c3cnn(-c4nnc(C(F)F)s4)c3c2)CC1. The fourth-order valence-electron chi connectivity index (χ4n) is 3.25. The van der Waals surface area contributed by atoms with E-state index in [1.807, 2.05) is 6.07 Å². The second-order valence-electron chi connectivity index (χ2n) is 7.22. The van der Waals surface area contributed by atoms with Crippen LogP contribution in [0, 0.1) is 11.3 Å². The number of aromatic nitrogens is 5. The molecule has 13 heteroatoms. The molecular weight excluding hydrogens is 460 g/mol. The minimum atomic E-state index is -4.06. The number of rotatable bonds is 6. The lowest BCUT2D eigenvalue weighted by molar-refractivity contribution is 0.150. The Kier molecular flexibility index (Phi) is 4.73. The van der Waals surface area contributed by atoms with Crippen molar-refractivity contribution < 1.29 is 17.2 Å². The molecule has 9 nitrogen and oxygen atoms in total. The average molecular weight is 473 g/mol. The number of nitrogens with zero attached hydrogens (tertiary/aromatic N) is 6. The van der Waals surface area contributed by atoms with E-state index in [9.17, 15) is 22.5 Å².